The average Bonchev–Trinajstić information content (AvgIpc) is 3.38. The number of methoxy groups -OCH3 is 1. The Kier molecular flexibility index (Phi) is 8.99. The second-order valence-electron chi connectivity index (χ2n) is 9.55. The third-order valence-electron chi connectivity index (χ3n) is 6.74. The number of hydrogen-bond acceptors (Lipinski definition) is 10. The molecular weight excluding hydrogens is 535 g/mol. The van der Waals surface area contributed by atoms with Gasteiger partial charge in [-0.05, 0) is 56.1 Å². The predicted octanol–water partition coefficient (Wildman–Crippen LogP) is 4.24. The molecule has 0 saturated carbocycles. The number of β-amino-alcohol motifs (C(OH)–C–C–N with tert-alkyl or cyclic N) is 1. The molecule has 0 spiro atoms. The highest BCUT2D eigenvalue weighted by Crippen LogP contribution is 2.36. The van der Waals surface area contributed by atoms with E-state index >= 15 is 0 Å². The van der Waals surface area contributed by atoms with Crippen molar-refractivity contribution in [3.05, 3.63) is 59.6 Å². The van der Waals surface area contributed by atoms with E-state index in [1.807, 2.05) is 12.1 Å². The van der Waals surface area contributed by atoms with Crippen LogP contribution in [0.5, 0.6) is 11.5 Å². The number of ether oxygens (including phenoxy) is 2. The maximum Gasteiger partial charge on any atom is 0.229 e. The van der Waals surface area contributed by atoms with E-state index in [2.05, 4.69) is 30.5 Å². The Morgan fingerprint density at radius 3 is 2.80 bits per heavy atom. The van der Waals surface area contributed by atoms with E-state index in [1.54, 1.807) is 25.4 Å². The second-order valence-corrected chi connectivity index (χ2v) is 10.7. The topological polar surface area (TPSA) is 122 Å². The van der Waals surface area contributed by atoms with Crippen LogP contribution in [0.25, 0.3) is 10.9 Å². The molecule has 0 atom stereocenters. The lowest BCUT2D eigenvalue weighted by atomic mass is 9.98. The first-order valence-electron chi connectivity index (χ1n) is 13.1. The van der Waals surface area contributed by atoms with E-state index in [0.29, 0.717) is 46.2 Å². The quantitative estimate of drug-likeness (QED) is 0.245. The zero-order valence-corrected chi connectivity index (χ0v) is 22.9. The van der Waals surface area contributed by atoms with Crippen molar-refractivity contribution >= 4 is 44.8 Å². The molecule has 0 bridgehead atoms. The first-order chi connectivity index (χ1) is 19.5. The Morgan fingerprint density at radius 1 is 1.18 bits per heavy atom. The highest BCUT2D eigenvalue weighted by atomic mass is 32.1. The number of piperidine rings is 1. The lowest BCUT2D eigenvalue weighted by Crippen LogP contribution is -2.37. The summed E-state index contributed by atoms with van der Waals surface area (Å²) in [6, 6.07) is 9.47. The molecule has 210 valence electrons. The van der Waals surface area contributed by atoms with E-state index in [4.69, 9.17) is 14.6 Å². The molecule has 1 fully saturated rings. The van der Waals surface area contributed by atoms with Crippen molar-refractivity contribution in [2.45, 2.75) is 19.3 Å². The molecule has 0 unspecified atom stereocenters. The molecule has 0 radical (unpaired) electrons. The third-order valence-corrected chi connectivity index (χ3v) is 7.65. The molecule has 4 aromatic rings. The molecule has 1 aliphatic rings. The number of halogens is 1. The average molecular weight is 567 g/mol. The van der Waals surface area contributed by atoms with Gasteiger partial charge in [0.2, 0.25) is 5.91 Å². The Bertz CT molecular complexity index is 1460. The van der Waals surface area contributed by atoms with Crippen LogP contribution in [-0.4, -0.2) is 70.8 Å². The molecule has 2 aromatic carbocycles. The Labute approximate surface area is 235 Å². The molecule has 1 amide bonds. The number of carbonyl (C=O) groups excluding carboxylic acids is 1. The number of nitrogens with one attached hydrogen (secondary N) is 2. The number of anilines is 3. The summed E-state index contributed by atoms with van der Waals surface area (Å²) in [6.07, 6.45) is 5.25. The second kappa shape index (κ2) is 13.0. The van der Waals surface area contributed by atoms with Crippen molar-refractivity contribution in [2.24, 2.45) is 5.92 Å². The number of thiazole rings is 1. The van der Waals surface area contributed by atoms with Crippen LogP contribution in [0.1, 0.15) is 17.7 Å². The molecule has 12 heteroatoms. The smallest absolute Gasteiger partial charge is 0.229 e. The molecule has 3 N–H and O–H groups in total. The van der Waals surface area contributed by atoms with E-state index in [0.717, 1.165) is 42.7 Å². The number of fused-ring (bicyclic) bond motifs is 1. The van der Waals surface area contributed by atoms with Crippen LogP contribution < -0.4 is 20.1 Å². The lowest BCUT2D eigenvalue weighted by Gasteiger charge is -2.31. The minimum absolute atomic E-state index is 0.107. The fraction of sp³-hybridized carbons (Fsp3) is 0.357. The van der Waals surface area contributed by atoms with Crippen LogP contribution in [0.2, 0.25) is 0 Å². The van der Waals surface area contributed by atoms with Gasteiger partial charge in [-0.2, -0.15) is 0 Å². The van der Waals surface area contributed by atoms with Gasteiger partial charge < -0.3 is 30.1 Å². The number of carbonyl (C=O) groups is 1. The summed E-state index contributed by atoms with van der Waals surface area (Å²) in [6.45, 7) is 3.41. The van der Waals surface area contributed by atoms with E-state index in [-0.39, 0.29) is 18.9 Å². The highest BCUT2D eigenvalue weighted by molar-refractivity contribution is 7.15. The zero-order valence-electron chi connectivity index (χ0n) is 22.1. The van der Waals surface area contributed by atoms with Crippen LogP contribution >= 0.6 is 11.3 Å². The minimum atomic E-state index is -0.412. The monoisotopic (exact) mass is 566 g/mol. The van der Waals surface area contributed by atoms with Gasteiger partial charge in [0.25, 0.3) is 0 Å². The van der Waals surface area contributed by atoms with Crippen LogP contribution in [0.3, 0.4) is 0 Å². The normalized spacial score (nSPS) is 14.3. The van der Waals surface area contributed by atoms with Gasteiger partial charge in [0.1, 0.15) is 18.0 Å². The van der Waals surface area contributed by atoms with Crippen LogP contribution in [0, 0.1) is 11.7 Å². The maximum atomic E-state index is 13.4. The highest BCUT2D eigenvalue weighted by Gasteiger charge is 2.21. The number of aliphatic hydroxyl groups is 1. The summed E-state index contributed by atoms with van der Waals surface area (Å²) in [5.74, 6) is 1.52. The van der Waals surface area contributed by atoms with Gasteiger partial charge in [-0.25, -0.2) is 19.3 Å². The lowest BCUT2D eigenvalue weighted by molar-refractivity contribution is -0.115. The number of aliphatic hydroxyl groups excluding tert-OH is 1. The fourth-order valence-electron chi connectivity index (χ4n) is 4.64. The van der Waals surface area contributed by atoms with E-state index < -0.39 is 5.82 Å². The molecule has 0 aliphatic carbocycles. The summed E-state index contributed by atoms with van der Waals surface area (Å²) in [5, 5.41) is 16.4. The number of hydrogen-bond donors (Lipinski definition) is 3. The minimum Gasteiger partial charge on any atom is -0.493 e. The molecule has 5 rings (SSSR count). The number of likely N-dealkylation sites (tertiary alicyclic amines) is 1. The first-order valence-corrected chi connectivity index (χ1v) is 13.9. The first kappa shape index (κ1) is 27.7. The standard InChI is InChI=1S/C28H31FN6O4S/c1-38-24-13-22-23(14-25(24)39-16-18-5-7-35(8-6-18)9-10-36)31-17-32-27(22)34-28-30-15-21(40-28)12-26(37)33-20-4-2-3-19(29)11-20/h2-4,11,13-15,17-18,36H,5-10,12,16H2,1H3,(H,33,37)(H,30,31,32,34). The van der Waals surface area contributed by atoms with Crippen LogP contribution in [0.4, 0.5) is 21.0 Å². The molecule has 10 nitrogen and oxygen atoms in total. The number of amides is 1. The van der Waals surface area contributed by atoms with Gasteiger partial charge in [-0.1, -0.05) is 6.07 Å². The van der Waals surface area contributed by atoms with Crippen molar-refractivity contribution < 1.29 is 23.8 Å². The molecule has 40 heavy (non-hydrogen) atoms. The Balaban J connectivity index is 1.23. The number of benzene rings is 2. The molecule has 3 heterocycles. The fourth-order valence-corrected chi connectivity index (χ4v) is 5.45. The number of rotatable bonds is 11. The summed E-state index contributed by atoms with van der Waals surface area (Å²) < 4.78 is 25.2. The predicted molar refractivity (Wildman–Crippen MR) is 152 cm³/mol. The zero-order chi connectivity index (χ0) is 27.9. The van der Waals surface area contributed by atoms with Crippen molar-refractivity contribution in [1.82, 2.24) is 19.9 Å². The van der Waals surface area contributed by atoms with Gasteiger partial charge in [0.05, 0.1) is 32.3 Å². The van der Waals surface area contributed by atoms with E-state index in [1.165, 1.54) is 29.8 Å². The molecular formula is C28H31FN6O4S. The number of nitrogens with zero attached hydrogens (tertiary/aromatic N) is 4. The van der Waals surface area contributed by atoms with Gasteiger partial charge >= 0.3 is 0 Å². The Hall–Kier alpha value is -3.87. The number of aromatic nitrogens is 3. The summed E-state index contributed by atoms with van der Waals surface area (Å²) in [4.78, 5) is 28.6. The molecule has 1 aliphatic heterocycles. The summed E-state index contributed by atoms with van der Waals surface area (Å²) in [5.41, 5.74) is 1.10. The van der Waals surface area contributed by atoms with Crippen molar-refractivity contribution in [1.29, 1.82) is 0 Å². The van der Waals surface area contributed by atoms with Crippen molar-refractivity contribution in [2.75, 3.05) is 50.6 Å². The molecule has 1 saturated heterocycles. The van der Waals surface area contributed by atoms with Gasteiger partial charge in [0.15, 0.2) is 16.6 Å². The van der Waals surface area contributed by atoms with Gasteiger partial charge in [-0.3, -0.25) is 4.79 Å². The van der Waals surface area contributed by atoms with Gasteiger partial charge in [0, 0.05) is 34.8 Å². The van der Waals surface area contributed by atoms with Gasteiger partial charge in [-0.15, -0.1) is 11.3 Å². The largest absolute Gasteiger partial charge is 0.493 e. The van der Waals surface area contributed by atoms with E-state index in [9.17, 15) is 9.18 Å². The summed E-state index contributed by atoms with van der Waals surface area (Å²) >= 11 is 1.33. The maximum absolute atomic E-state index is 13.4. The van der Waals surface area contributed by atoms with Crippen LogP contribution in [-0.2, 0) is 11.2 Å². The van der Waals surface area contributed by atoms with Crippen molar-refractivity contribution in [3.63, 3.8) is 0 Å². The summed E-state index contributed by atoms with van der Waals surface area (Å²) in [7, 11) is 1.60. The molecule has 2 aromatic heterocycles. The van der Waals surface area contributed by atoms with Crippen LogP contribution in [0.15, 0.2) is 48.9 Å². The van der Waals surface area contributed by atoms with Crippen molar-refractivity contribution in [3.8, 4) is 11.5 Å². The third kappa shape index (κ3) is 7.00. The Morgan fingerprint density at radius 2 is 2.02 bits per heavy atom. The SMILES string of the molecule is COc1cc2c(Nc3ncc(CC(=O)Nc4cccc(F)c4)s3)ncnc2cc1OCC1CCN(CCO)CC1.